The van der Waals surface area contributed by atoms with Gasteiger partial charge in [0.1, 0.15) is 0 Å². The Bertz CT molecular complexity index is 1760. The smallest absolute Gasteiger partial charge is 0 e. The molecule has 0 nitrogen and oxygen atoms in total. The Labute approximate surface area is 290 Å². The van der Waals surface area contributed by atoms with Crippen molar-refractivity contribution in [1.82, 2.24) is 0 Å². The summed E-state index contributed by atoms with van der Waals surface area (Å²) in [6, 6.07) is 73.4. The number of benzene rings is 5. The van der Waals surface area contributed by atoms with Gasteiger partial charge in [0.25, 0.3) is 0 Å². The quantitative estimate of drug-likeness (QED) is 0.141. The van der Waals surface area contributed by atoms with Gasteiger partial charge < -0.3 is 0 Å². The van der Waals surface area contributed by atoms with Gasteiger partial charge >= 0.3 is 0 Å². The molecular formula is C45H35Zr-5. The molecule has 0 atom stereocenters. The van der Waals surface area contributed by atoms with Crippen molar-refractivity contribution in [3.8, 4) is 0 Å². The third-order valence-electron chi connectivity index (χ3n) is 7.74. The van der Waals surface area contributed by atoms with Crippen LogP contribution in [0.3, 0.4) is 0 Å². The largest absolute Gasteiger partial charge is 0.168 e. The van der Waals surface area contributed by atoms with E-state index in [2.05, 4.69) is 212 Å². The first-order valence-electron chi connectivity index (χ1n) is 15.4. The molecule has 46 heavy (non-hydrogen) atoms. The van der Waals surface area contributed by atoms with E-state index < -0.39 is 0 Å². The van der Waals surface area contributed by atoms with Gasteiger partial charge in [-0.25, -0.2) is 0 Å². The minimum Gasteiger partial charge on any atom is -0.168 e. The number of hydrogen-bond donors (Lipinski definition) is 0. The van der Waals surface area contributed by atoms with Crippen molar-refractivity contribution in [2.24, 2.45) is 0 Å². The molecule has 0 fully saturated rings. The second-order valence-electron chi connectivity index (χ2n) is 10.8. The maximum atomic E-state index is 2.12. The molecule has 0 aliphatic carbocycles. The molecule has 0 aliphatic heterocycles. The Morgan fingerprint density at radius 1 is 0.217 bits per heavy atom. The molecular weight excluding hydrogens is 632 g/mol. The molecule has 0 saturated carbocycles. The summed E-state index contributed by atoms with van der Waals surface area (Å²) in [6.07, 6.45) is 0. The fourth-order valence-electron chi connectivity index (χ4n) is 5.35. The van der Waals surface area contributed by atoms with Crippen molar-refractivity contribution in [1.29, 1.82) is 0 Å². The third-order valence-corrected chi connectivity index (χ3v) is 7.74. The molecule has 0 heterocycles. The van der Waals surface area contributed by atoms with E-state index in [1.54, 1.807) is 0 Å². The first-order valence-corrected chi connectivity index (χ1v) is 15.4. The van der Waals surface area contributed by atoms with Crippen LogP contribution in [-0.2, 0) is 26.2 Å². The number of rotatable bonds is 0. The van der Waals surface area contributed by atoms with E-state index in [0.29, 0.717) is 0 Å². The number of fused-ring (bicyclic) bond motifs is 5. The van der Waals surface area contributed by atoms with Crippen LogP contribution < -0.4 is 0 Å². The maximum absolute atomic E-state index is 2.12. The molecule has 0 saturated heterocycles. The Balaban J connectivity index is 0.000000113. The van der Waals surface area contributed by atoms with Gasteiger partial charge in [0.15, 0.2) is 0 Å². The number of hydrogen-bond acceptors (Lipinski definition) is 0. The van der Waals surface area contributed by atoms with Gasteiger partial charge in [-0.2, -0.15) is 87.6 Å². The molecule has 0 aromatic heterocycles. The van der Waals surface area contributed by atoms with Gasteiger partial charge in [-0.3, -0.25) is 0 Å². The summed E-state index contributed by atoms with van der Waals surface area (Å²) in [6.45, 7) is 0. The summed E-state index contributed by atoms with van der Waals surface area (Å²) in [7, 11) is 0. The van der Waals surface area contributed by atoms with Crippen LogP contribution in [0.25, 0.3) is 53.9 Å². The van der Waals surface area contributed by atoms with E-state index in [1.807, 2.05) is 0 Å². The predicted octanol–water partition coefficient (Wildman–Crippen LogP) is 12.8. The minimum atomic E-state index is 0. The van der Waals surface area contributed by atoms with Crippen LogP contribution in [0.2, 0.25) is 0 Å². The molecule has 0 radical (unpaired) electrons. The van der Waals surface area contributed by atoms with Crippen LogP contribution >= 0.6 is 0 Å². The molecule has 0 spiro atoms. The maximum Gasteiger partial charge on any atom is 0 e. The average molecular weight is 667 g/mol. The normalized spacial score (nSPS) is 10.0. The van der Waals surface area contributed by atoms with Crippen LogP contribution in [0.4, 0.5) is 0 Å². The van der Waals surface area contributed by atoms with Crippen LogP contribution in [0, 0.1) is 0 Å². The van der Waals surface area contributed by atoms with Gasteiger partial charge in [0, 0.05) is 26.2 Å². The molecule has 10 aromatic rings. The van der Waals surface area contributed by atoms with Crippen LogP contribution in [0.15, 0.2) is 212 Å². The summed E-state index contributed by atoms with van der Waals surface area (Å²) < 4.78 is 0. The Hall–Kier alpha value is -4.97. The van der Waals surface area contributed by atoms with E-state index in [4.69, 9.17) is 0 Å². The van der Waals surface area contributed by atoms with Crippen molar-refractivity contribution in [2.75, 3.05) is 0 Å². The average Bonchev–Trinajstić information content (AvgIpc) is 3.95. The minimum absolute atomic E-state index is 0. The summed E-state index contributed by atoms with van der Waals surface area (Å²) in [5.74, 6) is 0. The van der Waals surface area contributed by atoms with Gasteiger partial charge in [0.05, 0.1) is 0 Å². The van der Waals surface area contributed by atoms with E-state index >= 15 is 0 Å². The summed E-state index contributed by atoms with van der Waals surface area (Å²) in [4.78, 5) is 0. The van der Waals surface area contributed by atoms with E-state index in [1.165, 1.54) is 53.9 Å². The molecule has 10 rings (SSSR count). The summed E-state index contributed by atoms with van der Waals surface area (Å²) in [5.41, 5.74) is 0. The Morgan fingerprint density at radius 3 is 0.565 bits per heavy atom. The van der Waals surface area contributed by atoms with E-state index in [-0.39, 0.29) is 26.2 Å². The third kappa shape index (κ3) is 8.81. The summed E-state index contributed by atoms with van der Waals surface area (Å²) in [5, 5.41) is 13.3. The SMILES string of the molecule is [Zr].c1ccc2[cH-]ccc2c1.c1ccc2[cH-]ccc2c1.c1ccc2[cH-]ccc2c1.c1ccc2[cH-]ccc2c1.c1ccc2[cH-]ccc2c1. The van der Waals surface area contributed by atoms with Crippen molar-refractivity contribution in [3.05, 3.63) is 212 Å². The van der Waals surface area contributed by atoms with Crippen molar-refractivity contribution < 1.29 is 26.2 Å². The van der Waals surface area contributed by atoms with Crippen LogP contribution in [0.5, 0.6) is 0 Å². The molecule has 0 amide bonds. The second kappa shape index (κ2) is 16.9. The van der Waals surface area contributed by atoms with E-state index in [0.717, 1.165) is 0 Å². The van der Waals surface area contributed by atoms with Crippen LogP contribution in [0.1, 0.15) is 0 Å². The van der Waals surface area contributed by atoms with Gasteiger partial charge in [-0.1, -0.05) is 30.3 Å². The standard InChI is InChI=1S/5C9H7.Zr/c5*1-2-5-9-7-3-6-8(9)4-1;/h5*1-7H;/q5*-1;. The molecule has 0 aliphatic rings. The van der Waals surface area contributed by atoms with Crippen molar-refractivity contribution in [2.45, 2.75) is 0 Å². The molecule has 224 valence electrons. The first-order chi connectivity index (χ1) is 22.3. The topological polar surface area (TPSA) is 0 Å². The zero-order valence-corrected chi connectivity index (χ0v) is 28.2. The summed E-state index contributed by atoms with van der Waals surface area (Å²) >= 11 is 0. The van der Waals surface area contributed by atoms with Crippen LogP contribution in [-0.4, -0.2) is 0 Å². The predicted molar refractivity (Wildman–Crippen MR) is 198 cm³/mol. The van der Waals surface area contributed by atoms with Gasteiger partial charge in [-0.15, -0.1) is 148 Å². The van der Waals surface area contributed by atoms with Crippen molar-refractivity contribution >= 4 is 53.9 Å². The van der Waals surface area contributed by atoms with Crippen molar-refractivity contribution in [3.63, 3.8) is 0 Å². The second-order valence-corrected chi connectivity index (χ2v) is 10.8. The monoisotopic (exact) mass is 665 g/mol. The van der Waals surface area contributed by atoms with Gasteiger partial charge in [-0.05, 0) is 0 Å². The molecule has 0 unspecified atom stereocenters. The Kier molecular flexibility index (Phi) is 11.9. The zero-order valence-electron chi connectivity index (χ0n) is 25.7. The zero-order chi connectivity index (χ0) is 30.5. The van der Waals surface area contributed by atoms with Gasteiger partial charge in [0.2, 0.25) is 0 Å². The molecule has 0 N–H and O–H groups in total. The fraction of sp³-hybridized carbons (Fsp3) is 0. The molecule has 1 heteroatoms. The molecule has 10 aromatic carbocycles. The first kappa shape index (κ1) is 32.4. The van der Waals surface area contributed by atoms with E-state index in [9.17, 15) is 0 Å². The Morgan fingerprint density at radius 2 is 0.391 bits per heavy atom. The molecule has 0 bridgehead atoms. The fourth-order valence-corrected chi connectivity index (χ4v) is 5.35.